The average Bonchev–Trinajstić information content (AvgIpc) is 2.37. The van der Waals surface area contributed by atoms with Gasteiger partial charge in [-0.05, 0) is 19.1 Å². The molecular formula is C12H15N3O4. The third kappa shape index (κ3) is 4.76. The van der Waals surface area contributed by atoms with Crippen LogP contribution in [0.5, 0.6) is 0 Å². The highest BCUT2D eigenvalue weighted by atomic mass is 16.3. The molecule has 1 atom stereocenters. The smallest absolute Gasteiger partial charge is 0.313 e. The Hall–Kier alpha value is -2.41. The van der Waals surface area contributed by atoms with Crippen molar-refractivity contribution in [1.82, 2.24) is 5.32 Å². The number of nitrogens with two attached hydrogens (primary N) is 1. The van der Waals surface area contributed by atoms with Crippen molar-refractivity contribution < 1.29 is 19.5 Å². The van der Waals surface area contributed by atoms with Gasteiger partial charge < -0.3 is 21.5 Å². The molecule has 0 saturated heterocycles. The van der Waals surface area contributed by atoms with Crippen molar-refractivity contribution in [3.05, 3.63) is 29.8 Å². The lowest BCUT2D eigenvalue weighted by Crippen LogP contribution is -2.43. The van der Waals surface area contributed by atoms with Crippen LogP contribution in [0, 0.1) is 6.92 Å². The first-order valence-electron chi connectivity index (χ1n) is 5.53. The van der Waals surface area contributed by atoms with Gasteiger partial charge in [0, 0.05) is 5.69 Å². The molecule has 5 N–H and O–H groups in total. The summed E-state index contributed by atoms with van der Waals surface area (Å²) >= 11 is 0. The van der Waals surface area contributed by atoms with E-state index >= 15 is 0 Å². The van der Waals surface area contributed by atoms with Gasteiger partial charge >= 0.3 is 11.8 Å². The highest BCUT2D eigenvalue weighted by Crippen LogP contribution is 2.08. The monoisotopic (exact) mass is 265 g/mol. The van der Waals surface area contributed by atoms with E-state index in [4.69, 9.17) is 10.8 Å². The third-order valence-corrected chi connectivity index (χ3v) is 2.30. The van der Waals surface area contributed by atoms with E-state index in [0.29, 0.717) is 5.69 Å². The first-order chi connectivity index (χ1) is 8.90. The zero-order valence-electron chi connectivity index (χ0n) is 10.3. The third-order valence-electron chi connectivity index (χ3n) is 2.30. The molecule has 19 heavy (non-hydrogen) atoms. The van der Waals surface area contributed by atoms with Gasteiger partial charge in [0.05, 0.1) is 6.54 Å². The molecule has 7 nitrogen and oxygen atoms in total. The van der Waals surface area contributed by atoms with E-state index in [9.17, 15) is 14.4 Å². The Bertz CT molecular complexity index is 484. The topological polar surface area (TPSA) is 122 Å². The van der Waals surface area contributed by atoms with Crippen molar-refractivity contribution in [1.29, 1.82) is 0 Å². The van der Waals surface area contributed by atoms with Crippen molar-refractivity contribution >= 4 is 23.4 Å². The van der Waals surface area contributed by atoms with Crippen LogP contribution in [0.1, 0.15) is 5.56 Å². The maximum atomic E-state index is 11.5. The molecule has 1 rings (SSSR count). The molecule has 0 spiro atoms. The Labute approximate surface area is 109 Å². The first-order valence-corrected chi connectivity index (χ1v) is 5.53. The minimum Gasteiger partial charge on any atom is -0.381 e. The minimum atomic E-state index is -1.52. The van der Waals surface area contributed by atoms with Gasteiger partial charge in [0.1, 0.15) is 6.10 Å². The van der Waals surface area contributed by atoms with Crippen LogP contribution in [0.15, 0.2) is 24.3 Å². The molecule has 0 fully saturated rings. The molecule has 0 heterocycles. The van der Waals surface area contributed by atoms with Gasteiger partial charge in [-0.15, -0.1) is 0 Å². The number of carbonyl (C=O) groups excluding carboxylic acids is 3. The SMILES string of the molecule is Cc1ccc(NC(=O)C(=O)NCC(O)C(N)=O)cc1. The molecule has 102 valence electrons. The van der Waals surface area contributed by atoms with Crippen molar-refractivity contribution in [3.8, 4) is 0 Å². The van der Waals surface area contributed by atoms with Crippen molar-refractivity contribution in [2.75, 3.05) is 11.9 Å². The second-order valence-electron chi connectivity index (χ2n) is 3.95. The van der Waals surface area contributed by atoms with Crippen LogP contribution < -0.4 is 16.4 Å². The van der Waals surface area contributed by atoms with E-state index in [2.05, 4.69) is 10.6 Å². The van der Waals surface area contributed by atoms with Gasteiger partial charge in [0.15, 0.2) is 0 Å². The summed E-state index contributed by atoms with van der Waals surface area (Å²) in [5, 5.41) is 13.5. The lowest BCUT2D eigenvalue weighted by molar-refractivity contribution is -0.137. The Kier molecular flexibility index (Phi) is 5.01. The van der Waals surface area contributed by atoms with Crippen molar-refractivity contribution in [2.24, 2.45) is 5.73 Å². The van der Waals surface area contributed by atoms with E-state index in [1.807, 2.05) is 6.92 Å². The summed E-state index contributed by atoms with van der Waals surface area (Å²) in [5.74, 6) is -2.82. The fraction of sp³-hybridized carbons (Fsp3) is 0.250. The maximum absolute atomic E-state index is 11.5. The summed E-state index contributed by atoms with van der Waals surface area (Å²) in [7, 11) is 0. The van der Waals surface area contributed by atoms with E-state index in [-0.39, 0.29) is 0 Å². The van der Waals surface area contributed by atoms with E-state index in [1.165, 1.54) is 0 Å². The number of anilines is 1. The van der Waals surface area contributed by atoms with Crippen LogP contribution in [0.4, 0.5) is 5.69 Å². The van der Waals surface area contributed by atoms with Crippen molar-refractivity contribution in [3.63, 3.8) is 0 Å². The summed E-state index contributed by atoms with van der Waals surface area (Å²) in [6.07, 6.45) is -1.52. The van der Waals surface area contributed by atoms with Gasteiger partial charge in [0.2, 0.25) is 5.91 Å². The molecule has 7 heteroatoms. The van der Waals surface area contributed by atoms with Crippen LogP contribution >= 0.6 is 0 Å². The number of carbonyl (C=O) groups is 3. The standard InChI is InChI=1S/C12H15N3O4/c1-7-2-4-8(5-3-7)15-12(19)11(18)14-6-9(16)10(13)17/h2-5,9,16H,6H2,1H3,(H2,13,17)(H,14,18)(H,15,19). The van der Waals surface area contributed by atoms with Gasteiger partial charge in [-0.25, -0.2) is 0 Å². The second-order valence-corrected chi connectivity index (χ2v) is 3.95. The average molecular weight is 265 g/mol. The molecule has 0 aliphatic rings. The van der Waals surface area contributed by atoms with Gasteiger partial charge in [-0.3, -0.25) is 14.4 Å². The number of primary amides is 1. The molecule has 1 aromatic carbocycles. The van der Waals surface area contributed by atoms with Crippen LogP contribution in [0.3, 0.4) is 0 Å². The zero-order valence-corrected chi connectivity index (χ0v) is 10.3. The van der Waals surface area contributed by atoms with Crippen LogP contribution in [0.2, 0.25) is 0 Å². The summed E-state index contributed by atoms with van der Waals surface area (Å²) < 4.78 is 0. The number of amides is 3. The molecule has 0 bridgehead atoms. The molecule has 0 aliphatic carbocycles. The highest BCUT2D eigenvalue weighted by molar-refractivity contribution is 6.39. The number of aryl methyl sites for hydroxylation is 1. The first kappa shape index (κ1) is 14.7. The minimum absolute atomic E-state index is 0.407. The summed E-state index contributed by atoms with van der Waals surface area (Å²) in [6, 6.07) is 6.87. The fourth-order valence-electron chi connectivity index (χ4n) is 1.19. The molecular weight excluding hydrogens is 250 g/mol. The highest BCUT2D eigenvalue weighted by Gasteiger charge is 2.17. The Morgan fingerprint density at radius 2 is 1.79 bits per heavy atom. The molecule has 1 unspecified atom stereocenters. The fourth-order valence-corrected chi connectivity index (χ4v) is 1.19. The predicted molar refractivity (Wildman–Crippen MR) is 68.0 cm³/mol. The number of nitrogens with one attached hydrogen (secondary N) is 2. The van der Waals surface area contributed by atoms with Gasteiger partial charge in [-0.1, -0.05) is 17.7 Å². The molecule has 0 aromatic heterocycles. The Morgan fingerprint density at radius 1 is 1.21 bits per heavy atom. The van der Waals surface area contributed by atoms with Crippen LogP contribution in [-0.4, -0.2) is 35.5 Å². The predicted octanol–water partition coefficient (Wildman–Crippen LogP) is -1.10. The Balaban J connectivity index is 2.47. The number of aliphatic hydroxyl groups is 1. The van der Waals surface area contributed by atoms with Gasteiger partial charge in [0.25, 0.3) is 0 Å². The molecule has 0 aliphatic heterocycles. The van der Waals surface area contributed by atoms with Crippen molar-refractivity contribution in [2.45, 2.75) is 13.0 Å². The van der Waals surface area contributed by atoms with E-state index < -0.39 is 30.4 Å². The lowest BCUT2D eigenvalue weighted by atomic mass is 10.2. The number of hydrogen-bond donors (Lipinski definition) is 4. The largest absolute Gasteiger partial charge is 0.381 e. The number of rotatable bonds is 4. The Morgan fingerprint density at radius 3 is 2.32 bits per heavy atom. The van der Waals surface area contributed by atoms with Gasteiger partial charge in [-0.2, -0.15) is 0 Å². The second kappa shape index (κ2) is 6.50. The number of aliphatic hydroxyl groups excluding tert-OH is 1. The van der Waals surface area contributed by atoms with Crippen LogP contribution in [-0.2, 0) is 14.4 Å². The zero-order chi connectivity index (χ0) is 14.4. The molecule has 1 aromatic rings. The van der Waals surface area contributed by atoms with E-state index in [0.717, 1.165) is 5.56 Å². The normalized spacial score (nSPS) is 11.5. The quantitative estimate of drug-likeness (QED) is 0.516. The lowest BCUT2D eigenvalue weighted by Gasteiger charge is -2.08. The summed E-state index contributed by atoms with van der Waals surface area (Å²) in [5.41, 5.74) is 6.29. The molecule has 0 saturated carbocycles. The summed E-state index contributed by atoms with van der Waals surface area (Å²) in [4.78, 5) is 33.3. The van der Waals surface area contributed by atoms with Crippen LogP contribution in [0.25, 0.3) is 0 Å². The number of benzene rings is 1. The van der Waals surface area contributed by atoms with E-state index in [1.54, 1.807) is 24.3 Å². The molecule has 3 amide bonds. The summed E-state index contributed by atoms with van der Waals surface area (Å²) in [6.45, 7) is 1.49. The maximum Gasteiger partial charge on any atom is 0.313 e. The molecule has 0 radical (unpaired) electrons. The number of hydrogen-bond acceptors (Lipinski definition) is 4.